The molecule has 2 bridgehead atoms. The minimum Gasteiger partial charge on any atom is -0.268 e. The van der Waals surface area contributed by atoms with Gasteiger partial charge in [-0.25, -0.2) is 23.7 Å². The topological polar surface area (TPSA) is 110 Å². The van der Waals surface area contributed by atoms with Crippen LogP contribution < -0.4 is 0 Å². The second kappa shape index (κ2) is 8.45. The summed E-state index contributed by atoms with van der Waals surface area (Å²) < 4.78 is 41.0. The molecule has 11 heteroatoms. The van der Waals surface area contributed by atoms with Crippen LogP contribution in [0.25, 0.3) is 22.9 Å². The van der Waals surface area contributed by atoms with Crippen molar-refractivity contribution in [2.24, 2.45) is 5.41 Å². The van der Waals surface area contributed by atoms with Gasteiger partial charge in [0.05, 0.1) is 28.1 Å². The summed E-state index contributed by atoms with van der Waals surface area (Å²) in [5.41, 5.74) is 1.71. The number of aromatic amines is 1. The number of rotatable bonds is 6. The molecule has 0 spiro atoms. The lowest BCUT2D eigenvalue weighted by atomic mass is 9.66. The molecular weight excluding hydrogens is 508 g/mol. The van der Waals surface area contributed by atoms with E-state index in [0.717, 1.165) is 29.8 Å². The summed E-state index contributed by atoms with van der Waals surface area (Å²) in [5, 5.41) is 16.0. The molecule has 1 saturated carbocycles. The number of aromatic nitrogens is 7. The van der Waals surface area contributed by atoms with Crippen molar-refractivity contribution in [3.63, 3.8) is 0 Å². The van der Waals surface area contributed by atoms with Gasteiger partial charge in [-0.2, -0.15) is 5.10 Å². The van der Waals surface area contributed by atoms with E-state index in [4.69, 9.17) is 4.98 Å². The summed E-state index contributed by atoms with van der Waals surface area (Å²) >= 11 is 0. The Hall–Kier alpha value is -3.60. The van der Waals surface area contributed by atoms with E-state index in [0.29, 0.717) is 29.6 Å². The van der Waals surface area contributed by atoms with E-state index in [1.807, 2.05) is 6.07 Å². The first-order chi connectivity index (χ1) is 18.0. The second-order valence-electron chi connectivity index (χ2n) is 10.9. The molecule has 8 nitrogen and oxygen atoms in total. The van der Waals surface area contributed by atoms with Crippen LogP contribution in [0.5, 0.6) is 0 Å². The number of fused-ring (bicyclic) bond motifs is 5. The number of nitrogens with zero attached hydrogens (tertiary/aromatic N) is 6. The van der Waals surface area contributed by atoms with Crippen LogP contribution >= 0.6 is 0 Å². The Bertz CT molecular complexity index is 1660. The number of hydrogen-bond donors (Lipinski definition) is 1. The number of halogens is 2. The van der Waals surface area contributed by atoms with Crippen LogP contribution in [-0.4, -0.2) is 57.4 Å². The molecule has 3 heterocycles. The van der Waals surface area contributed by atoms with Crippen molar-refractivity contribution in [1.29, 1.82) is 0 Å². The number of aryl methyl sites for hydroxylation is 1. The Kier molecular flexibility index (Phi) is 5.50. The average Bonchev–Trinajstić information content (AvgIpc) is 3.50. The third-order valence-electron chi connectivity index (χ3n) is 8.20. The van der Waals surface area contributed by atoms with Crippen molar-refractivity contribution in [1.82, 2.24) is 35.3 Å². The van der Waals surface area contributed by atoms with E-state index in [1.54, 1.807) is 18.5 Å². The molecule has 3 atom stereocenters. The molecule has 2 aliphatic rings. The van der Waals surface area contributed by atoms with Gasteiger partial charge in [-0.3, -0.25) is 9.31 Å². The molecule has 196 valence electrons. The van der Waals surface area contributed by atoms with Crippen molar-refractivity contribution >= 4 is 15.4 Å². The van der Waals surface area contributed by atoms with Gasteiger partial charge in [-0.05, 0) is 69.4 Å². The van der Waals surface area contributed by atoms with Crippen LogP contribution in [0.15, 0.2) is 36.5 Å². The first kappa shape index (κ1) is 24.7. The predicted molar refractivity (Wildman–Crippen MR) is 141 cm³/mol. The van der Waals surface area contributed by atoms with Gasteiger partial charge in [0.2, 0.25) is 5.82 Å². The minimum atomic E-state index is -2.14. The minimum absolute atomic E-state index is 0.127. The third kappa shape index (κ3) is 3.66. The summed E-state index contributed by atoms with van der Waals surface area (Å²) in [6.45, 7) is 4.37. The van der Waals surface area contributed by atoms with Crippen LogP contribution in [0.2, 0.25) is 0 Å². The Balaban J connectivity index is 1.41. The molecule has 3 aromatic heterocycles. The normalized spacial score (nSPS) is 22.8. The zero-order chi connectivity index (χ0) is 26.9. The summed E-state index contributed by atoms with van der Waals surface area (Å²) in [4.78, 5) is 13.8. The van der Waals surface area contributed by atoms with E-state index in [2.05, 4.69) is 50.1 Å². The highest BCUT2D eigenvalue weighted by Gasteiger charge is 2.65. The van der Waals surface area contributed by atoms with Crippen LogP contribution in [0.3, 0.4) is 0 Å². The third-order valence-corrected chi connectivity index (χ3v) is 9.26. The molecule has 0 aliphatic heterocycles. The fourth-order valence-electron chi connectivity index (χ4n) is 6.28. The maximum absolute atomic E-state index is 14.5. The smallest absolute Gasteiger partial charge is 0.218 e. The molecule has 1 unspecified atom stereocenters. The van der Waals surface area contributed by atoms with Crippen LogP contribution in [0.4, 0.5) is 8.78 Å². The summed E-state index contributed by atoms with van der Waals surface area (Å²) in [7, 11) is -2.14. The van der Waals surface area contributed by atoms with Gasteiger partial charge in [-0.15, -0.1) is 10.2 Å². The van der Waals surface area contributed by atoms with E-state index >= 15 is 0 Å². The Labute approximate surface area is 219 Å². The van der Waals surface area contributed by atoms with Crippen LogP contribution in [0, 0.1) is 17.0 Å². The molecule has 2 aliphatic carbocycles. The molecule has 0 amide bonds. The standard InChI is InChI=1S/C27H27F2N7OS/c1-26(2)16-8-11-27(26,23-15(16)14-19(33-35-23)22-17(28)6-5-7-18(22)29)20-9-12-30-24(31-20)25-32-21(34-36-25)10-13-38(3,4)37/h5-7,9,12,14,16H,3,8,10-11,13H2,1-2,4H3,(H,32,34,36)/t16-,27-,38?/m0/s1. The van der Waals surface area contributed by atoms with Crippen LogP contribution in [-0.2, 0) is 21.4 Å². The van der Waals surface area contributed by atoms with Crippen molar-refractivity contribution in [2.45, 2.75) is 44.4 Å². The van der Waals surface area contributed by atoms with Crippen molar-refractivity contribution < 1.29 is 13.0 Å². The average molecular weight is 536 g/mol. The first-order valence-electron chi connectivity index (χ1n) is 12.4. The van der Waals surface area contributed by atoms with Gasteiger partial charge < -0.3 is 0 Å². The quantitative estimate of drug-likeness (QED) is 0.370. The van der Waals surface area contributed by atoms with E-state index < -0.39 is 26.6 Å². The van der Waals surface area contributed by atoms with Crippen LogP contribution in [0.1, 0.15) is 55.4 Å². The molecule has 1 aromatic carbocycles. The van der Waals surface area contributed by atoms with Crippen molar-refractivity contribution in [2.75, 3.05) is 12.0 Å². The fourth-order valence-corrected chi connectivity index (χ4v) is 6.91. The van der Waals surface area contributed by atoms with Gasteiger partial charge in [0.1, 0.15) is 17.5 Å². The summed E-state index contributed by atoms with van der Waals surface area (Å²) in [5.74, 6) is 4.19. The number of H-pyrrole nitrogens is 1. The molecule has 38 heavy (non-hydrogen) atoms. The lowest BCUT2D eigenvalue weighted by molar-refractivity contribution is 0.243. The maximum atomic E-state index is 14.5. The molecule has 1 N–H and O–H groups in total. The van der Waals surface area contributed by atoms with Gasteiger partial charge in [0.25, 0.3) is 0 Å². The van der Waals surface area contributed by atoms with E-state index in [9.17, 15) is 13.0 Å². The Morgan fingerprint density at radius 2 is 1.89 bits per heavy atom. The molecular formula is C27H27F2N7OS. The van der Waals surface area contributed by atoms with Gasteiger partial charge in [0, 0.05) is 24.6 Å². The molecule has 0 saturated heterocycles. The van der Waals surface area contributed by atoms with Crippen molar-refractivity contribution in [3.8, 4) is 22.9 Å². The highest BCUT2D eigenvalue weighted by atomic mass is 32.2. The van der Waals surface area contributed by atoms with E-state index in [1.165, 1.54) is 18.2 Å². The Morgan fingerprint density at radius 3 is 2.63 bits per heavy atom. The number of hydrogen-bond acceptors (Lipinski definition) is 7. The number of nitrogens with one attached hydrogen (secondary N) is 1. The maximum Gasteiger partial charge on any atom is 0.218 e. The highest BCUT2D eigenvalue weighted by Crippen LogP contribution is 2.69. The molecule has 1 fully saturated rings. The van der Waals surface area contributed by atoms with Gasteiger partial charge in [0.15, 0.2) is 5.82 Å². The zero-order valence-electron chi connectivity index (χ0n) is 21.3. The highest BCUT2D eigenvalue weighted by molar-refractivity contribution is 7.99. The first-order valence-corrected chi connectivity index (χ1v) is 14.7. The SMILES string of the molecule is C=S(C)(=O)CCc1nc(-c2nccc([C@@]34CC[C@@H](c5cc(-c6c(F)cccc6F)nnc53)C4(C)C)n2)n[nH]1. The van der Waals surface area contributed by atoms with Gasteiger partial charge >= 0.3 is 0 Å². The van der Waals surface area contributed by atoms with Gasteiger partial charge in [-0.1, -0.05) is 19.9 Å². The molecule has 6 rings (SSSR count). The lowest BCUT2D eigenvalue weighted by Crippen LogP contribution is -2.38. The summed E-state index contributed by atoms with van der Waals surface area (Å²) in [6.07, 6.45) is 5.46. The molecule has 0 radical (unpaired) electrons. The lowest BCUT2D eigenvalue weighted by Gasteiger charge is -2.37. The largest absolute Gasteiger partial charge is 0.268 e. The monoisotopic (exact) mass is 535 g/mol. The molecule has 4 aromatic rings. The van der Waals surface area contributed by atoms with E-state index in [-0.39, 0.29) is 22.6 Å². The number of benzene rings is 1. The Morgan fingerprint density at radius 1 is 1.13 bits per heavy atom. The fraction of sp³-hybridized carbons (Fsp3) is 0.370. The second-order valence-corrected chi connectivity index (χ2v) is 13.6. The predicted octanol–water partition coefficient (Wildman–Crippen LogP) is 4.09. The zero-order valence-corrected chi connectivity index (χ0v) is 22.1. The summed E-state index contributed by atoms with van der Waals surface area (Å²) in [6, 6.07) is 7.46. The van der Waals surface area contributed by atoms with Crippen molar-refractivity contribution in [3.05, 3.63) is 70.9 Å².